The molecule has 0 spiro atoms. The highest BCUT2D eigenvalue weighted by atomic mass is 32.1. The summed E-state index contributed by atoms with van der Waals surface area (Å²) in [4.78, 5) is 14.1. The van der Waals surface area contributed by atoms with Crippen molar-refractivity contribution < 1.29 is 31.8 Å². The molecule has 0 saturated carbocycles. The van der Waals surface area contributed by atoms with Gasteiger partial charge < -0.3 is 14.8 Å². The summed E-state index contributed by atoms with van der Waals surface area (Å²) < 4.78 is 63.8. The fraction of sp³-hybridized carbons (Fsp3) is 0.381. The second-order valence-electron chi connectivity index (χ2n) is 7.12. The van der Waals surface area contributed by atoms with E-state index in [0.717, 1.165) is 4.68 Å². The van der Waals surface area contributed by atoms with Crippen molar-refractivity contribution in [3.05, 3.63) is 52.5 Å². The van der Waals surface area contributed by atoms with Crippen molar-refractivity contribution in [1.82, 2.24) is 20.0 Å². The minimum Gasteiger partial charge on any atom is -0.496 e. The van der Waals surface area contributed by atoms with E-state index in [1.54, 1.807) is 31.4 Å². The number of carbonyl (C=O) groups excluding carboxylic acids is 1. The van der Waals surface area contributed by atoms with Gasteiger partial charge in [0.1, 0.15) is 22.8 Å². The summed E-state index contributed by atoms with van der Waals surface area (Å²) in [6.07, 6.45) is -3.78. The minimum absolute atomic E-state index is 0.227. The summed E-state index contributed by atoms with van der Waals surface area (Å²) in [6.45, 7) is 0.649. The molecule has 0 radical (unpaired) electrons. The molecule has 1 aromatic carbocycles. The maximum atomic E-state index is 13.3. The van der Waals surface area contributed by atoms with Crippen LogP contribution < -0.4 is 10.1 Å². The smallest absolute Gasteiger partial charge is 0.282 e. The maximum absolute atomic E-state index is 13.3. The number of thiocarbonyl (C=S) groups is 1. The molecule has 2 heterocycles. The molecule has 12 heteroatoms. The van der Waals surface area contributed by atoms with E-state index in [1.165, 1.54) is 12.0 Å². The van der Waals surface area contributed by atoms with Crippen molar-refractivity contribution in [2.45, 2.75) is 25.8 Å². The van der Waals surface area contributed by atoms with E-state index in [1.807, 2.05) is 0 Å². The Morgan fingerprint density at radius 1 is 1.18 bits per heavy atom. The molecule has 1 aliphatic heterocycles. The van der Waals surface area contributed by atoms with Crippen LogP contribution in [0.5, 0.6) is 5.75 Å². The lowest BCUT2D eigenvalue weighted by molar-refractivity contribution is -0.122. The molecule has 2 aromatic rings. The van der Waals surface area contributed by atoms with Gasteiger partial charge in [-0.1, -0.05) is 6.07 Å². The molecule has 3 rings (SSSR count). The number of rotatable bonds is 10. The first kappa shape index (κ1) is 24.6. The molecule has 178 valence electrons. The number of benzene rings is 1. The van der Waals surface area contributed by atoms with Crippen LogP contribution in [0.2, 0.25) is 0 Å². The Morgan fingerprint density at radius 3 is 2.58 bits per heavy atom. The zero-order valence-electron chi connectivity index (χ0n) is 17.9. The number of hydrogen-bond donors (Lipinski definition) is 1. The van der Waals surface area contributed by atoms with Crippen LogP contribution in [0.1, 0.15) is 41.8 Å². The maximum Gasteiger partial charge on any atom is 0.282 e. The normalized spacial score (nSPS) is 15.3. The van der Waals surface area contributed by atoms with Gasteiger partial charge in [0, 0.05) is 25.8 Å². The van der Waals surface area contributed by atoms with Crippen molar-refractivity contribution >= 4 is 29.3 Å². The quantitative estimate of drug-likeness (QED) is 0.238. The standard InChI is InChI=1S/C21H22F4N4O3S/c1-31-7-3-6-28-20(30)15(26-21(28)33)9-12-4-5-17(32-2)13(8-12)11-29-16(19(24)25)10-14(27-29)18(22)23/h4-5,8-10,18-19H,3,6-7,11H2,1-2H3,(H,26,33)/b15-9+. The largest absolute Gasteiger partial charge is 0.496 e. The second kappa shape index (κ2) is 10.8. The molecule has 1 N–H and O–H groups in total. The van der Waals surface area contributed by atoms with E-state index < -0.39 is 24.2 Å². The van der Waals surface area contributed by atoms with Gasteiger partial charge in [0.2, 0.25) is 0 Å². The van der Waals surface area contributed by atoms with E-state index in [9.17, 15) is 22.4 Å². The van der Waals surface area contributed by atoms with Crippen molar-refractivity contribution in [2.24, 2.45) is 0 Å². The molecule has 7 nitrogen and oxygen atoms in total. The summed E-state index contributed by atoms with van der Waals surface area (Å²) in [5, 5.41) is 6.75. The number of ether oxygens (including phenoxy) is 2. The van der Waals surface area contributed by atoms with Gasteiger partial charge in [-0.15, -0.1) is 0 Å². The Balaban J connectivity index is 1.88. The highest BCUT2D eigenvalue weighted by molar-refractivity contribution is 7.80. The van der Waals surface area contributed by atoms with Crippen LogP contribution in [0, 0.1) is 0 Å². The molecule has 0 bridgehead atoms. The predicted octanol–water partition coefficient (Wildman–Crippen LogP) is 3.91. The first-order valence-corrected chi connectivity index (χ1v) is 10.3. The molecule has 0 aliphatic carbocycles. The van der Waals surface area contributed by atoms with Gasteiger partial charge in [-0.2, -0.15) is 5.10 Å². The monoisotopic (exact) mass is 486 g/mol. The molecule has 0 unspecified atom stereocenters. The Labute approximate surface area is 192 Å². The summed E-state index contributed by atoms with van der Waals surface area (Å²) in [5.74, 6) is 0.0518. The van der Waals surface area contributed by atoms with Crippen LogP contribution in [0.25, 0.3) is 6.08 Å². The van der Waals surface area contributed by atoms with Gasteiger partial charge in [-0.3, -0.25) is 14.4 Å². The fourth-order valence-corrected chi connectivity index (χ4v) is 3.63. The van der Waals surface area contributed by atoms with E-state index in [0.29, 0.717) is 42.5 Å². The van der Waals surface area contributed by atoms with Crippen LogP contribution >= 0.6 is 12.2 Å². The molecule has 1 saturated heterocycles. The molecule has 1 aliphatic rings. The number of nitrogens with one attached hydrogen (secondary N) is 1. The van der Waals surface area contributed by atoms with Gasteiger partial charge in [-0.05, 0) is 48.5 Å². The summed E-state index contributed by atoms with van der Waals surface area (Å²) in [6, 6.07) is 5.56. The number of nitrogens with zero attached hydrogens (tertiary/aromatic N) is 3. The van der Waals surface area contributed by atoms with Gasteiger partial charge in [0.15, 0.2) is 5.11 Å². The van der Waals surface area contributed by atoms with Gasteiger partial charge in [0.25, 0.3) is 18.8 Å². The first-order chi connectivity index (χ1) is 15.7. The van der Waals surface area contributed by atoms with Crippen LogP contribution in [0.4, 0.5) is 17.6 Å². The Kier molecular flexibility index (Phi) is 8.03. The number of halogens is 4. The van der Waals surface area contributed by atoms with Crippen molar-refractivity contribution in [3.63, 3.8) is 0 Å². The zero-order valence-corrected chi connectivity index (χ0v) is 18.7. The highest BCUT2D eigenvalue weighted by Crippen LogP contribution is 2.28. The third kappa shape index (κ3) is 5.69. The number of amides is 1. The minimum atomic E-state index is -2.98. The van der Waals surface area contributed by atoms with Crippen molar-refractivity contribution in [2.75, 3.05) is 27.4 Å². The number of aromatic nitrogens is 2. The van der Waals surface area contributed by atoms with E-state index >= 15 is 0 Å². The first-order valence-electron chi connectivity index (χ1n) is 9.89. The SMILES string of the molecule is COCCCN1C(=O)/C(=C\c2ccc(OC)c(Cn3nc(C(F)F)cc3C(F)F)c2)NC1=S. The van der Waals surface area contributed by atoms with Crippen molar-refractivity contribution in [1.29, 1.82) is 0 Å². The Morgan fingerprint density at radius 2 is 1.94 bits per heavy atom. The summed E-state index contributed by atoms with van der Waals surface area (Å²) in [7, 11) is 2.97. The highest BCUT2D eigenvalue weighted by Gasteiger charge is 2.30. The molecule has 1 amide bonds. The van der Waals surface area contributed by atoms with Crippen molar-refractivity contribution in [3.8, 4) is 5.75 Å². The average Bonchev–Trinajstić information content (AvgIpc) is 3.31. The van der Waals surface area contributed by atoms with Gasteiger partial charge >= 0.3 is 0 Å². The lowest BCUT2D eigenvalue weighted by Crippen LogP contribution is -2.32. The molecular weight excluding hydrogens is 464 g/mol. The third-order valence-corrected chi connectivity index (χ3v) is 5.23. The van der Waals surface area contributed by atoms with Crippen LogP contribution in [0.15, 0.2) is 30.0 Å². The molecule has 0 atom stereocenters. The number of carbonyl (C=O) groups is 1. The number of hydrogen-bond acceptors (Lipinski definition) is 5. The molecule has 1 aromatic heterocycles. The predicted molar refractivity (Wildman–Crippen MR) is 116 cm³/mol. The topological polar surface area (TPSA) is 68.6 Å². The Bertz CT molecular complexity index is 1060. The number of alkyl halides is 4. The van der Waals surface area contributed by atoms with E-state index in [-0.39, 0.29) is 23.3 Å². The average molecular weight is 486 g/mol. The lowest BCUT2D eigenvalue weighted by atomic mass is 10.1. The van der Waals surface area contributed by atoms with Crippen LogP contribution in [-0.4, -0.2) is 53.1 Å². The Hall–Kier alpha value is -2.99. The molecular formula is C21H22F4N4O3S. The zero-order chi connectivity index (χ0) is 24.1. The van der Waals surface area contributed by atoms with E-state index in [4.69, 9.17) is 21.7 Å². The fourth-order valence-electron chi connectivity index (χ4n) is 3.34. The third-order valence-electron chi connectivity index (χ3n) is 4.91. The lowest BCUT2D eigenvalue weighted by Gasteiger charge is -2.13. The van der Waals surface area contributed by atoms with Gasteiger partial charge in [0.05, 0.1) is 13.7 Å². The van der Waals surface area contributed by atoms with Crippen LogP contribution in [-0.2, 0) is 16.1 Å². The second-order valence-corrected chi connectivity index (χ2v) is 7.50. The summed E-state index contributed by atoms with van der Waals surface area (Å²) >= 11 is 5.22. The number of methoxy groups -OCH3 is 2. The van der Waals surface area contributed by atoms with Gasteiger partial charge in [-0.25, -0.2) is 17.6 Å². The molecule has 33 heavy (non-hydrogen) atoms. The molecule has 1 fully saturated rings. The van der Waals surface area contributed by atoms with Crippen LogP contribution in [0.3, 0.4) is 0 Å². The summed E-state index contributed by atoms with van der Waals surface area (Å²) in [5.41, 5.74) is -0.127. The van der Waals surface area contributed by atoms with E-state index in [2.05, 4.69) is 10.4 Å².